The monoisotopic (exact) mass is 534 g/mol. The number of hydrogen-bond acceptors (Lipinski definition) is 4. The lowest BCUT2D eigenvalue weighted by Crippen LogP contribution is -2.09. The van der Waals surface area contributed by atoms with Crippen LogP contribution in [0.3, 0.4) is 0 Å². The molecule has 6 rings (SSSR count). The molecule has 4 aliphatic carbocycles. The molecular formula is C36H46N4. The summed E-state index contributed by atoms with van der Waals surface area (Å²) in [5.41, 5.74) is 12.6. The predicted octanol–water partition coefficient (Wildman–Crippen LogP) is 10.8. The van der Waals surface area contributed by atoms with Gasteiger partial charge in [0.1, 0.15) is 0 Å². The minimum absolute atomic E-state index is 1.13. The molecule has 0 radical (unpaired) electrons. The third kappa shape index (κ3) is 7.02. The van der Waals surface area contributed by atoms with Crippen LogP contribution in [-0.2, 0) is 0 Å². The SMILES string of the molecule is C1=C(Nc2ccc(-c3ccc(NC4=CCCCC4)c(NC4=CCCCC4)c3)cc2NC2=CCCCC2)CCCC1. The Labute approximate surface area is 241 Å². The van der Waals surface area contributed by atoms with Gasteiger partial charge in [-0.1, -0.05) is 36.4 Å². The summed E-state index contributed by atoms with van der Waals surface area (Å²) in [4.78, 5) is 0. The molecule has 0 spiro atoms. The van der Waals surface area contributed by atoms with E-state index in [1.54, 1.807) is 0 Å². The minimum Gasteiger partial charge on any atom is -0.358 e. The van der Waals surface area contributed by atoms with Crippen LogP contribution in [0.5, 0.6) is 0 Å². The fraction of sp³-hybridized carbons (Fsp3) is 0.444. The standard InChI is InChI=1S/C36H46N4/c1-5-13-29(14-6-1)37-33-23-21-27(25-35(33)39-31-17-9-3-10-18-31)28-22-24-34(38-30-15-7-2-8-16-30)36(26-28)40-32-19-11-4-12-20-32/h13,15,17,19,21-26,37-40H,1-12,14,16,18,20H2. The van der Waals surface area contributed by atoms with Crippen LogP contribution in [0, 0.1) is 0 Å². The van der Waals surface area contributed by atoms with Crippen molar-refractivity contribution in [3.63, 3.8) is 0 Å². The smallest absolute Gasteiger partial charge is 0.0627 e. The molecule has 4 heteroatoms. The van der Waals surface area contributed by atoms with Crippen molar-refractivity contribution in [3.05, 3.63) is 83.5 Å². The van der Waals surface area contributed by atoms with Crippen LogP contribution >= 0.6 is 0 Å². The molecule has 2 aromatic rings. The summed E-state index contributed by atoms with van der Waals surface area (Å²) in [6.45, 7) is 0. The third-order valence-corrected chi connectivity index (χ3v) is 8.72. The molecule has 0 fully saturated rings. The molecule has 0 amide bonds. The first-order valence-corrected chi connectivity index (χ1v) is 15.9. The van der Waals surface area contributed by atoms with Crippen LogP contribution in [0.25, 0.3) is 11.1 Å². The van der Waals surface area contributed by atoms with Crippen molar-refractivity contribution in [2.45, 2.75) is 103 Å². The average Bonchev–Trinajstić information content (AvgIpc) is 3.01. The van der Waals surface area contributed by atoms with E-state index in [-0.39, 0.29) is 0 Å². The van der Waals surface area contributed by atoms with Gasteiger partial charge in [-0.15, -0.1) is 0 Å². The van der Waals surface area contributed by atoms with Gasteiger partial charge in [-0.25, -0.2) is 0 Å². The molecule has 0 bridgehead atoms. The summed E-state index contributed by atoms with van der Waals surface area (Å²) in [6.07, 6.45) is 29.1. The maximum atomic E-state index is 3.82. The molecule has 0 unspecified atom stereocenters. The molecule has 0 atom stereocenters. The maximum absolute atomic E-state index is 3.82. The Morgan fingerprint density at radius 1 is 0.350 bits per heavy atom. The average molecular weight is 535 g/mol. The quantitative estimate of drug-likeness (QED) is 0.258. The summed E-state index contributed by atoms with van der Waals surface area (Å²) in [7, 11) is 0. The third-order valence-electron chi connectivity index (χ3n) is 8.72. The van der Waals surface area contributed by atoms with Crippen LogP contribution in [0.15, 0.2) is 83.5 Å². The zero-order valence-electron chi connectivity index (χ0n) is 24.1. The van der Waals surface area contributed by atoms with Crippen LogP contribution in [-0.4, -0.2) is 0 Å². The van der Waals surface area contributed by atoms with Crippen molar-refractivity contribution in [2.24, 2.45) is 0 Å². The zero-order chi connectivity index (χ0) is 27.0. The number of hydrogen-bond donors (Lipinski definition) is 4. The van der Waals surface area contributed by atoms with E-state index in [1.165, 1.54) is 134 Å². The Kier molecular flexibility index (Phi) is 8.91. The topological polar surface area (TPSA) is 48.1 Å². The molecular weight excluding hydrogens is 488 g/mol. The largest absolute Gasteiger partial charge is 0.358 e. The first-order valence-electron chi connectivity index (χ1n) is 15.9. The Balaban J connectivity index is 1.32. The highest BCUT2D eigenvalue weighted by Crippen LogP contribution is 2.37. The van der Waals surface area contributed by atoms with Gasteiger partial charge in [0.25, 0.3) is 0 Å². The maximum Gasteiger partial charge on any atom is 0.0627 e. The lowest BCUT2D eigenvalue weighted by molar-refractivity contribution is 0.703. The summed E-state index contributed by atoms with van der Waals surface area (Å²) in [6, 6.07) is 13.8. The van der Waals surface area contributed by atoms with Crippen LogP contribution in [0.1, 0.15) is 103 Å². The molecule has 4 aliphatic rings. The molecule has 0 aliphatic heterocycles. The fourth-order valence-corrected chi connectivity index (χ4v) is 6.37. The molecule has 2 aromatic carbocycles. The van der Waals surface area contributed by atoms with Crippen LogP contribution in [0.2, 0.25) is 0 Å². The van der Waals surface area contributed by atoms with E-state index in [1.807, 2.05) is 0 Å². The van der Waals surface area contributed by atoms with Gasteiger partial charge in [0.15, 0.2) is 0 Å². The predicted molar refractivity (Wildman–Crippen MR) is 173 cm³/mol. The molecule has 0 aromatic heterocycles. The van der Waals surface area contributed by atoms with Gasteiger partial charge in [0.2, 0.25) is 0 Å². The van der Waals surface area contributed by atoms with Crippen molar-refractivity contribution in [1.82, 2.24) is 0 Å². The van der Waals surface area contributed by atoms with E-state index in [4.69, 9.17) is 0 Å². The van der Waals surface area contributed by atoms with Gasteiger partial charge in [-0.05, 0) is 138 Å². The van der Waals surface area contributed by atoms with Gasteiger partial charge in [0.05, 0.1) is 22.7 Å². The van der Waals surface area contributed by atoms with Gasteiger partial charge in [-0.3, -0.25) is 0 Å². The zero-order valence-corrected chi connectivity index (χ0v) is 24.1. The van der Waals surface area contributed by atoms with E-state index < -0.39 is 0 Å². The van der Waals surface area contributed by atoms with E-state index in [0.717, 1.165) is 25.7 Å². The van der Waals surface area contributed by atoms with Crippen molar-refractivity contribution in [3.8, 4) is 11.1 Å². The lowest BCUT2D eigenvalue weighted by atomic mass is 9.99. The van der Waals surface area contributed by atoms with Crippen molar-refractivity contribution < 1.29 is 0 Å². The second kappa shape index (κ2) is 13.3. The highest BCUT2D eigenvalue weighted by Gasteiger charge is 2.15. The fourth-order valence-electron chi connectivity index (χ4n) is 6.37. The van der Waals surface area contributed by atoms with Gasteiger partial charge < -0.3 is 21.3 Å². The molecule has 40 heavy (non-hydrogen) atoms. The minimum atomic E-state index is 1.13. The first kappa shape index (κ1) is 26.8. The summed E-state index contributed by atoms with van der Waals surface area (Å²) >= 11 is 0. The first-order chi connectivity index (χ1) is 19.8. The number of anilines is 4. The van der Waals surface area contributed by atoms with Gasteiger partial charge >= 0.3 is 0 Å². The molecule has 4 N–H and O–H groups in total. The highest BCUT2D eigenvalue weighted by atomic mass is 15.0. The van der Waals surface area contributed by atoms with Crippen LogP contribution in [0.4, 0.5) is 22.7 Å². The summed E-state index contributed by atoms with van der Waals surface area (Å²) in [5.74, 6) is 0. The molecule has 0 saturated heterocycles. The van der Waals surface area contributed by atoms with Gasteiger partial charge in [-0.2, -0.15) is 0 Å². The van der Waals surface area contributed by atoms with Gasteiger partial charge in [0, 0.05) is 22.8 Å². The highest BCUT2D eigenvalue weighted by molar-refractivity contribution is 5.84. The molecule has 0 heterocycles. The van der Waals surface area contributed by atoms with E-state index in [0.29, 0.717) is 0 Å². The Hall–Kier alpha value is -3.40. The Morgan fingerprint density at radius 3 is 0.975 bits per heavy atom. The number of rotatable bonds is 9. The summed E-state index contributed by atoms with van der Waals surface area (Å²) in [5, 5.41) is 15.2. The van der Waals surface area contributed by atoms with Crippen molar-refractivity contribution >= 4 is 22.7 Å². The number of allylic oxidation sites excluding steroid dienone is 8. The number of nitrogens with one attached hydrogen (secondary N) is 4. The molecule has 210 valence electrons. The Morgan fingerprint density at radius 2 is 0.675 bits per heavy atom. The van der Waals surface area contributed by atoms with E-state index in [2.05, 4.69) is 82.0 Å². The van der Waals surface area contributed by atoms with Crippen LogP contribution < -0.4 is 21.3 Å². The van der Waals surface area contributed by atoms with Crippen molar-refractivity contribution in [1.29, 1.82) is 0 Å². The van der Waals surface area contributed by atoms with E-state index in [9.17, 15) is 0 Å². The second-order valence-electron chi connectivity index (χ2n) is 11.9. The van der Waals surface area contributed by atoms with E-state index >= 15 is 0 Å². The molecule has 4 nitrogen and oxygen atoms in total. The Bertz CT molecular complexity index is 1210. The normalized spacial score (nSPS) is 19.5. The summed E-state index contributed by atoms with van der Waals surface area (Å²) < 4.78 is 0. The number of benzene rings is 2. The lowest BCUT2D eigenvalue weighted by Gasteiger charge is -2.23. The van der Waals surface area contributed by atoms with Crippen molar-refractivity contribution in [2.75, 3.05) is 21.3 Å². The molecule has 0 saturated carbocycles. The second-order valence-corrected chi connectivity index (χ2v) is 11.9.